The van der Waals surface area contributed by atoms with Crippen LogP contribution in [0.4, 0.5) is 25.4 Å². The summed E-state index contributed by atoms with van der Waals surface area (Å²) in [4.78, 5) is 25.9. The van der Waals surface area contributed by atoms with E-state index in [1.807, 2.05) is 0 Å². The molecule has 0 unspecified atom stereocenters. The maximum Gasteiger partial charge on any atom is 0.229 e. The number of halogens is 2. The van der Waals surface area contributed by atoms with E-state index in [9.17, 15) is 13.6 Å². The molecule has 4 rings (SSSR count). The standard InChI is InChI=1S/C25H25F2N6O3S/c1-3-28-8-5-9-36-21-12-19-16(11-20(21)35-2)24(31-14-30-19)33-25-29-13-15(37-25)10-22(34)32-18-7-4-6-17(26)23(18)27/h4,6-7,11-14,28H,1,3,5,8-10H2,2H3,(H,32,34)(H,29,30,31,33). The fourth-order valence-corrected chi connectivity index (χ4v) is 4.25. The smallest absolute Gasteiger partial charge is 0.229 e. The lowest BCUT2D eigenvalue weighted by molar-refractivity contribution is -0.115. The van der Waals surface area contributed by atoms with Gasteiger partial charge in [-0.2, -0.15) is 0 Å². The summed E-state index contributed by atoms with van der Waals surface area (Å²) in [6.07, 6.45) is 3.72. The van der Waals surface area contributed by atoms with Gasteiger partial charge >= 0.3 is 0 Å². The summed E-state index contributed by atoms with van der Waals surface area (Å²) in [7, 11) is 1.56. The molecule has 37 heavy (non-hydrogen) atoms. The van der Waals surface area contributed by atoms with Crippen LogP contribution in [0, 0.1) is 18.6 Å². The van der Waals surface area contributed by atoms with Crippen LogP contribution in [0.15, 0.2) is 42.9 Å². The predicted molar refractivity (Wildman–Crippen MR) is 139 cm³/mol. The first-order valence-corrected chi connectivity index (χ1v) is 12.2. The van der Waals surface area contributed by atoms with Gasteiger partial charge in [-0.15, -0.1) is 11.3 Å². The Labute approximate surface area is 216 Å². The summed E-state index contributed by atoms with van der Waals surface area (Å²) in [5.74, 6) is -1.01. The van der Waals surface area contributed by atoms with E-state index >= 15 is 0 Å². The lowest BCUT2D eigenvalue weighted by atomic mass is 10.2. The molecule has 0 bridgehead atoms. The van der Waals surface area contributed by atoms with Crippen LogP contribution in [0.1, 0.15) is 11.3 Å². The van der Waals surface area contributed by atoms with Crippen molar-refractivity contribution < 1.29 is 23.0 Å². The third-order valence-electron chi connectivity index (χ3n) is 5.19. The van der Waals surface area contributed by atoms with Crippen molar-refractivity contribution in [3.05, 3.63) is 66.3 Å². The van der Waals surface area contributed by atoms with Crippen molar-refractivity contribution in [3.63, 3.8) is 0 Å². The van der Waals surface area contributed by atoms with Crippen molar-refractivity contribution in [1.29, 1.82) is 0 Å². The zero-order valence-electron chi connectivity index (χ0n) is 20.0. The Kier molecular flexibility index (Phi) is 8.75. The molecule has 0 aliphatic rings. The highest BCUT2D eigenvalue weighted by Gasteiger charge is 2.15. The molecule has 0 saturated heterocycles. The Balaban J connectivity index is 1.44. The second-order valence-electron chi connectivity index (χ2n) is 7.78. The van der Waals surface area contributed by atoms with Crippen LogP contribution in [0.25, 0.3) is 10.9 Å². The van der Waals surface area contributed by atoms with E-state index in [1.54, 1.807) is 19.2 Å². The Bertz CT molecular complexity index is 1380. The molecule has 1 amide bonds. The Morgan fingerprint density at radius 2 is 2.03 bits per heavy atom. The monoisotopic (exact) mass is 527 g/mol. The molecule has 0 aliphatic carbocycles. The Morgan fingerprint density at radius 3 is 2.84 bits per heavy atom. The quantitative estimate of drug-likeness (QED) is 0.231. The number of carbonyl (C=O) groups is 1. The number of hydrogen-bond acceptors (Lipinski definition) is 9. The Morgan fingerprint density at radius 1 is 1.16 bits per heavy atom. The first kappa shape index (κ1) is 26.2. The number of rotatable bonds is 12. The van der Waals surface area contributed by atoms with Gasteiger partial charge in [0.25, 0.3) is 0 Å². The van der Waals surface area contributed by atoms with Gasteiger partial charge in [0.2, 0.25) is 5.91 Å². The number of anilines is 3. The normalized spacial score (nSPS) is 10.9. The van der Waals surface area contributed by atoms with Gasteiger partial charge in [-0.05, 0) is 44.6 Å². The zero-order valence-corrected chi connectivity index (χ0v) is 20.8. The number of carbonyl (C=O) groups excluding carboxylic acids is 1. The summed E-state index contributed by atoms with van der Waals surface area (Å²) in [6, 6.07) is 7.18. The molecular formula is C25H25F2N6O3S. The lowest BCUT2D eigenvalue weighted by Crippen LogP contribution is -2.16. The van der Waals surface area contributed by atoms with Crippen LogP contribution in [0.2, 0.25) is 0 Å². The molecule has 2 aromatic carbocycles. The van der Waals surface area contributed by atoms with E-state index in [0.717, 1.165) is 19.0 Å². The number of methoxy groups -OCH3 is 1. The molecular weight excluding hydrogens is 502 g/mol. The average molecular weight is 528 g/mol. The molecule has 1 radical (unpaired) electrons. The van der Waals surface area contributed by atoms with E-state index in [-0.39, 0.29) is 12.1 Å². The molecule has 9 nitrogen and oxygen atoms in total. The van der Waals surface area contributed by atoms with Gasteiger partial charge in [-0.1, -0.05) is 6.07 Å². The third-order valence-corrected chi connectivity index (χ3v) is 6.11. The lowest BCUT2D eigenvalue weighted by Gasteiger charge is -2.13. The molecule has 0 spiro atoms. The summed E-state index contributed by atoms with van der Waals surface area (Å²) in [6.45, 7) is 5.71. The van der Waals surface area contributed by atoms with E-state index in [2.05, 4.69) is 37.8 Å². The van der Waals surface area contributed by atoms with Crippen LogP contribution < -0.4 is 25.4 Å². The van der Waals surface area contributed by atoms with Gasteiger partial charge in [0.05, 0.1) is 31.3 Å². The number of benzene rings is 2. The van der Waals surface area contributed by atoms with Crippen LogP contribution >= 0.6 is 11.3 Å². The van der Waals surface area contributed by atoms with Crippen molar-refractivity contribution in [2.24, 2.45) is 0 Å². The number of nitrogens with zero attached hydrogens (tertiary/aromatic N) is 3. The first-order chi connectivity index (χ1) is 18.0. The molecule has 12 heteroatoms. The number of fused-ring (bicyclic) bond motifs is 1. The van der Waals surface area contributed by atoms with Crippen molar-refractivity contribution >= 4 is 44.8 Å². The number of nitrogens with one attached hydrogen (secondary N) is 3. The van der Waals surface area contributed by atoms with Crippen LogP contribution in [0.5, 0.6) is 11.5 Å². The zero-order chi connectivity index (χ0) is 26.2. The highest BCUT2D eigenvalue weighted by Crippen LogP contribution is 2.35. The van der Waals surface area contributed by atoms with Crippen LogP contribution in [-0.4, -0.2) is 47.7 Å². The maximum absolute atomic E-state index is 13.8. The number of ether oxygens (including phenoxy) is 2. The molecule has 193 valence electrons. The fourth-order valence-electron chi connectivity index (χ4n) is 3.44. The average Bonchev–Trinajstić information content (AvgIpc) is 3.32. The molecule has 4 aromatic rings. The third kappa shape index (κ3) is 6.66. The molecule has 3 N–H and O–H groups in total. The summed E-state index contributed by atoms with van der Waals surface area (Å²) < 4.78 is 38.6. The summed E-state index contributed by atoms with van der Waals surface area (Å²) in [5.41, 5.74) is 0.435. The predicted octanol–water partition coefficient (Wildman–Crippen LogP) is 4.49. The summed E-state index contributed by atoms with van der Waals surface area (Å²) >= 11 is 1.24. The van der Waals surface area contributed by atoms with Crippen LogP contribution in [-0.2, 0) is 11.2 Å². The second kappa shape index (κ2) is 12.4. The van der Waals surface area contributed by atoms with Gasteiger partial charge in [0.1, 0.15) is 12.1 Å². The van der Waals surface area contributed by atoms with Crippen molar-refractivity contribution in [2.75, 3.05) is 37.4 Å². The molecule has 2 heterocycles. The highest BCUT2D eigenvalue weighted by molar-refractivity contribution is 7.15. The maximum atomic E-state index is 13.8. The number of amides is 1. The van der Waals surface area contributed by atoms with Gasteiger partial charge in [-0.3, -0.25) is 4.79 Å². The molecule has 0 saturated carbocycles. The second-order valence-corrected chi connectivity index (χ2v) is 8.89. The van der Waals surface area contributed by atoms with E-state index in [1.165, 1.54) is 36.0 Å². The fraction of sp³-hybridized carbons (Fsp3) is 0.240. The molecule has 2 aromatic heterocycles. The minimum Gasteiger partial charge on any atom is -0.493 e. The topological polar surface area (TPSA) is 110 Å². The van der Waals surface area contributed by atoms with E-state index in [4.69, 9.17) is 9.47 Å². The molecule has 0 fully saturated rings. The van der Waals surface area contributed by atoms with Crippen LogP contribution in [0.3, 0.4) is 0 Å². The summed E-state index contributed by atoms with van der Waals surface area (Å²) in [5, 5.41) is 9.86. The minimum absolute atomic E-state index is 0.0569. The SMILES string of the molecule is [CH2]CNCCCOc1cc2ncnc(Nc3ncc(CC(=O)Nc4cccc(F)c4F)s3)c2cc1OC. The van der Waals surface area contributed by atoms with E-state index in [0.29, 0.717) is 51.4 Å². The van der Waals surface area contributed by atoms with Crippen molar-refractivity contribution in [3.8, 4) is 11.5 Å². The highest BCUT2D eigenvalue weighted by atomic mass is 32.1. The largest absolute Gasteiger partial charge is 0.493 e. The molecule has 0 aliphatic heterocycles. The van der Waals surface area contributed by atoms with Gasteiger partial charge in [-0.25, -0.2) is 23.7 Å². The van der Waals surface area contributed by atoms with Gasteiger partial charge < -0.3 is 25.4 Å². The molecule has 0 atom stereocenters. The van der Waals surface area contributed by atoms with Crippen molar-refractivity contribution in [1.82, 2.24) is 20.3 Å². The first-order valence-electron chi connectivity index (χ1n) is 11.4. The van der Waals surface area contributed by atoms with Crippen molar-refractivity contribution in [2.45, 2.75) is 12.8 Å². The Hall–Kier alpha value is -3.90. The minimum atomic E-state index is -1.10. The van der Waals surface area contributed by atoms with Gasteiger partial charge in [0.15, 0.2) is 28.3 Å². The number of hydrogen-bond donors (Lipinski definition) is 3. The van der Waals surface area contributed by atoms with Gasteiger partial charge in [0, 0.05) is 22.5 Å². The number of thiazole rings is 1. The number of aromatic nitrogens is 3. The van der Waals surface area contributed by atoms with E-state index < -0.39 is 17.5 Å².